The van der Waals surface area contributed by atoms with Gasteiger partial charge >= 0.3 is 0 Å². The fourth-order valence-corrected chi connectivity index (χ4v) is 2.13. The normalized spacial score (nSPS) is 11.2. The van der Waals surface area contributed by atoms with Crippen LogP contribution >= 0.6 is 11.6 Å². The van der Waals surface area contributed by atoms with Crippen LogP contribution < -0.4 is 5.73 Å². The van der Waals surface area contributed by atoms with Gasteiger partial charge in [0.05, 0.1) is 0 Å². The molecule has 1 heterocycles. The summed E-state index contributed by atoms with van der Waals surface area (Å²) in [5.74, 6) is 1.37. The van der Waals surface area contributed by atoms with Gasteiger partial charge in [-0.05, 0) is 18.0 Å². The standard InChI is InChI=1S/C14H18ClN3/c1-9(2)10-3-5-11(6-4-10)13-14(15)18-12(17-13)7-8-16/h3-6,9H,7-8,16H2,1-2H3,(H,17,18). The van der Waals surface area contributed by atoms with Crippen molar-refractivity contribution in [3.63, 3.8) is 0 Å². The van der Waals surface area contributed by atoms with Crippen molar-refractivity contribution >= 4 is 11.6 Å². The molecule has 4 heteroatoms. The zero-order chi connectivity index (χ0) is 13.1. The molecule has 3 nitrogen and oxygen atoms in total. The van der Waals surface area contributed by atoms with Crippen molar-refractivity contribution in [2.45, 2.75) is 26.2 Å². The highest BCUT2D eigenvalue weighted by molar-refractivity contribution is 6.31. The van der Waals surface area contributed by atoms with Gasteiger partial charge in [-0.15, -0.1) is 0 Å². The van der Waals surface area contributed by atoms with Crippen LogP contribution in [0.25, 0.3) is 11.3 Å². The molecule has 1 aromatic heterocycles. The Hall–Kier alpha value is -1.32. The smallest absolute Gasteiger partial charge is 0.134 e. The highest BCUT2D eigenvalue weighted by atomic mass is 35.5. The average Bonchev–Trinajstić information content (AvgIpc) is 2.71. The van der Waals surface area contributed by atoms with E-state index in [9.17, 15) is 0 Å². The van der Waals surface area contributed by atoms with Gasteiger partial charge in [-0.2, -0.15) is 0 Å². The van der Waals surface area contributed by atoms with Crippen molar-refractivity contribution in [2.24, 2.45) is 5.73 Å². The highest BCUT2D eigenvalue weighted by Crippen LogP contribution is 2.27. The fourth-order valence-electron chi connectivity index (χ4n) is 1.87. The predicted molar refractivity (Wildman–Crippen MR) is 75.9 cm³/mol. The van der Waals surface area contributed by atoms with Crippen LogP contribution in [0.3, 0.4) is 0 Å². The van der Waals surface area contributed by atoms with Gasteiger partial charge in [0.25, 0.3) is 0 Å². The molecule has 0 saturated heterocycles. The number of nitrogens with one attached hydrogen (secondary N) is 1. The largest absolute Gasteiger partial charge is 0.332 e. The Labute approximate surface area is 112 Å². The molecule has 2 aromatic rings. The number of hydrogen-bond acceptors (Lipinski definition) is 2. The first-order valence-corrected chi connectivity index (χ1v) is 6.54. The molecule has 1 aromatic carbocycles. The number of H-pyrrole nitrogens is 1. The lowest BCUT2D eigenvalue weighted by atomic mass is 10.0. The predicted octanol–water partition coefficient (Wildman–Crippen LogP) is 3.35. The molecule has 0 amide bonds. The fraction of sp³-hybridized carbons (Fsp3) is 0.357. The van der Waals surface area contributed by atoms with Gasteiger partial charge in [-0.3, -0.25) is 0 Å². The van der Waals surface area contributed by atoms with E-state index >= 15 is 0 Å². The number of aromatic nitrogens is 2. The number of aromatic amines is 1. The molecular formula is C14H18ClN3. The molecular weight excluding hydrogens is 246 g/mol. The van der Waals surface area contributed by atoms with Crippen molar-refractivity contribution in [3.05, 3.63) is 40.8 Å². The van der Waals surface area contributed by atoms with E-state index in [0.717, 1.165) is 17.1 Å². The minimum Gasteiger partial charge on any atom is -0.332 e. The van der Waals surface area contributed by atoms with Crippen LogP contribution in [0.2, 0.25) is 5.15 Å². The summed E-state index contributed by atoms with van der Waals surface area (Å²) in [7, 11) is 0. The van der Waals surface area contributed by atoms with Gasteiger partial charge in [-0.1, -0.05) is 49.7 Å². The molecule has 96 valence electrons. The molecule has 18 heavy (non-hydrogen) atoms. The minimum absolute atomic E-state index is 0.529. The van der Waals surface area contributed by atoms with Crippen molar-refractivity contribution in [3.8, 4) is 11.3 Å². The van der Waals surface area contributed by atoms with Gasteiger partial charge in [0.2, 0.25) is 0 Å². The second-order valence-electron chi connectivity index (χ2n) is 4.66. The third kappa shape index (κ3) is 2.74. The van der Waals surface area contributed by atoms with E-state index in [-0.39, 0.29) is 0 Å². The van der Waals surface area contributed by atoms with E-state index in [1.54, 1.807) is 0 Å². The highest BCUT2D eigenvalue weighted by Gasteiger charge is 2.10. The van der Waals surface area contributed by atoms with E-state index in [4.69, 9.17) is 17.3 Å². The average molecular weight is 264 g/mol. The van der Waals surface area contributed by atoms with Crippen molar-refractivity contribution < 1.29 is 0 Å². The Morgan fingerprint density at radius 1 is 1.28 bits per heavy atom. The molecule has 0 aliphatic rings. The van der Waals surface area contributed by atoms with Crippen LogP contribution in [0.5, 0.6) is 0 Å². The topological polar surface area (TPSA) is 54.7 Å². The number of nitrogens with two attached hydrogens (primary N) is 1. The molecule has 0 fully saturated rings. The lowest BCUT2D eigenvalue weighted by Crippen LogP contribution is -2.03. The van der Waals surface area contributed by atoms with E-state index in [1.807, 2.05) is 0 Å². The number of benzene rings is 1. The van der Waals surface area contributed by atoms with Crippen molar-refractivity contribution in [2.75, 3.05) is 6.54 Å². The number of imidazole rings is 1. The van der Waals surface area contributed by atoms with Crippen LogP contribution in [0, 0.1) is 0 Å². The van der Waals surface area contributed by atoms with Gasteiger partial charge in [0.15, 0.2) is 0 Å². The Morgan fingerprint density at radius 2 is 1.94 bits per heavy atom. The van der Waals surface area contributed by atoms with E-state index < -0.39 is 0 Å². The molecule has 0 saturated carbocycles. The molecule has 0 aliphatic heterocycles. The summed E-state index contributed by atoms with van der Waals surface area (Å²) in [5, 5.41) is 0.579. The molecule has 0 unspecified atom stereocenters. The second kappa shape index (κ2) is 5.55. The summed E-state index contributed by atoms with van der Waals surface area (Å²) in [4.78, 5) is 7.53. The summed E-state index contributed by atoms with van der Waals surface area (Å²) in [6.07, 6.45) is 0.712. The summed E-state index contributed by atoms with van der Waals surface area (Å²) in [6.45, 7) is 4.92. The zero-order valence-electron chi connectivity index (χ0n) is 10.7. The summed E-state index contributed by atoms with van der Waals surface area (Å²) < 4.78 is 0. The number of rotatable bonds is 4. The van der Waals surface area contributed by atoms with E-state index in [1.165, 1.54) is 5.56 Å². The molecule has 0 spiro atoms. The SMILES string of the molecule is CC(C)c1ccc(-c2nc(CCN)[nH]c2Cl)cc1. The Kier molecular flexibility index (Phi) is 4.04. The quantitative estimate of drug-likeness (QED) is 0.889. The molecule has 3 N–H and O–H groups in total. The number of hydrogen-bond donors (Lipinski definition) is 2. The second-order valence-corrected chi connectivity index (χ2v) is 5.04. The minimum atomic E-state index is 0.529. The van der Waals surface area contributed by atoms with Gasteiger partial charge < -0.3 is 10.7 Å². The van der Waals surface area contributed by atoms with Crippen molar-refractivity contribution in [1.82, 2.24) is 9.97 Å². The van der Waals surface area contributed by atoms with Crippen LogP contribution in [0.1, 0.15) is 31.2 Å². The maximum Gasteiger partial charge on any atom is 0.134 e. The monoisotopic (exact) mass is 263 g/mol. The third-order valence-electron chi connectivity index (χ3n) is 2.94. The molecule has 0 radical (unpaired) electrons. The van der Waals surface area contributed by atoms with Gasteiger partial charge in [0, 0.05) is 12.0 Å². The lowest BCUT2D eigenvalue weighted by Gasteiger charge is -2.05. The zero-order valence-corrected chi connectivity index (χ0v) is 11.5. The maximum absolute atomic E-state index is 6.16. The van der Waals surface area contributed by atoms with Crippen LogP contribution in [0.15, 0.2) is 24.3 Å². The summed E-state index contributed by atoms with van der Waals surface area (Å²) >= 11 is 6.16. The summed E-state index contributed by atoms with van der Waals surface area (Å²) in [6, 6.07) is 8.36. The molecule has 2 rings (SSSR count). The van der Waals surface area contributed by atoms with Crippen LogP contribution in [0.4, 0.5) is 0 Å². The van der Waals surface area contributed by atoms with Gasteiger partial charge in [0.1, 0.15) is 16.7 Å². The number of nitrogens with zero attached hydrogens (tertiary/aromatic N) is 1. The number of halogens is 1. The first kappa shape index (κ1) is 13.1. The first-order chi connectivity index (χ1) is 8.61. The third-order valence-corrected chi connectivity index (χ3v) is 3.21. The Balaban J connectivity index is 2.30. The molecule has 0 aliphatic carbocycles. The van der Waals surface area contributed by atoms with Crippen LogP contribution in [-0.2, 0) is 6.42 Å². The van der Waals surface area contributed by atoms with E-state index in [2.05, 4.69) is 48.1 Å². The molecule has 0 atom stereocenters. The van der Waals surface area contributed by atoms with Gasteiger partial charge in [-0.25, -0.2) is 4.98 Å². The Bertz CT molecular complexity index is 514. The lowest BCUT2D eigenvalue weighted by molar-refractivity contribution is 0.867. The molecule has 0 bridgehead atoms. The first-order valence-electron chi connectivity index (χ1n) is 6.16. The maximum atomic E-state index is 6.16. The van der Waals surface area contributed by atoms with Crippen LogP contribution in [-0.4, -0.2) is 16.5 Å². The van der Waals surface area contributed by atoms with E-state index in [0.29, 0.717) is 24.0 Å². The van der Waals surface area contributed by atoms with Crippen molar-refractivity contribution in [1.29, 1.82) is 0 Å². The Morgan fingerprint density at radius 3 is 2.50 bits per heavy atom. The summed E-state index contributed by atoms with van der Waals surface area (Å²) in [5.41, 5.74) is 8.65.